The fourth-order valence-corrected chi connectivity index (χ4v) is 3.36. The van der Waals surface area contributed by atoms with Gasteiger partial charge in [0.15, 0.2) is 0 Å². The third kappa shape index (κ3) is 4.91. The molecule has 0 unspecified atom stereocenters. The van der Waals surface area contributed by atoms with Gasteiger partial charge in [-0.05, 0) is 54.1 Å². The van der Waals surface area contributed by atoms with Crippen LogP contribution in [0.4, 0.5) is 4.39 Å². The standard InChI is InChI=1S/C19H20FN5OS/c1-3-24(12-15-5-4-6-16(20)11-15)18(26)13-27-19-21-22-23-25(19)17-9-7-14(2)8-10-17/h4-11H,3,12-13H2,1-2H3. The molecule has 0 N–H and O–H groups in total. The molecule has 0 spiro atoms. The Morgan fingerprint density at radius 3 is 2.70 bits per heavy atom. The summed E-state index contributed by atoms with van der Waals surface area (Å²) in [6.07, 6.45) is 0. The van der Waals surface area contributed by atoms with E-state index >= 15 is 0 Å². The SMILES string of the molecule is CCN(Cc1cccc(F)c1)C(=O)CSc1nnnn1-c1ccc(C)cc1. The first-order valence-electron chi connectivity index (χ1n) is 8.57. The number of nitrogens with zero attached hydrogens (tertiary/aromatic N) is 5. The topological polar surface area (TPSA) is 63.9 Å². The van der Waals surface area contributed by atoms with Gasteiger partial charge in [0.25, 0.3) is 0 Å². The minimum absolute atomic E-state index is 0.0507. The molecular formula is C19H20FN5OS. The van der Waals surface area contributed by atoms with E-state index in [1.807, 2.05) is 44.2 Å². The van der Waals surface area contributed by atoms with Gasteiger partial charge < -0.3 is 4.90 Å². The van der Waals surface area contributed by atoms with E-state index in [0.717, 1.165) is 16.8 Å². The third-order valence-electron chi connectivity index (χ3n) is 4.04. The van der Waals surface area contributed by atoms with Crippen molar-refractivity contribution in [2.45, 2.75) is 25.5 Å². The first kappa shape index (κ1) is 19.0. The second kappa shape index (κ2) is 8.77. The molecule has 140 valence electrons. The summed E-state index contributed by atoms with van der Waals surface area (Å²) in [6, 6.07) is 14.1. The van der Waals surface area contributed by atoms with Crippen LogP contribution in [0.3, 0.4) is 0 Å². The van der Waals surface area contributed by atoms with Gasteiger partial charge in [-0.1, -0.05) is 41.6 Å². The smallest absolute Gasteiger partial charge is 0.233 e. The van der Waals surface area contributed by atoms with Crippen LogP contribution in [0.2, 0.25) is 0 Å². The lowest BCUT2D eigenvalue weighted by Gasteiger charge is -2.20. The van der Waals surface area contributed by atoms with E-state index in [2.05, 4.69) is 15.5 Å². The molecule has 3 rings (SSSR count). The molecule has 0 saturated carbocycles. The third-order valence-corrected chi connectivity index (χ3v) is 4.95. The van der Waals surface area contributed by atoms with Crippen LogP contribution in [0.5, 0.6) is 0 Å². The van der Waals surface area contributed by atoms with Crippen LogP contribution >= 0.6 is 11.8 Å². The number of carbonyl (C=O) groups excluding carboxylic acids is 1. The van der Waals surface area contributed by atoms with E-state index in [0.29, 0.717) is 18.2 Å². The van der Waals surface area contributed by atoms with Crippen molar-refractivity contribution in [2.24, 2.45) is 0 Å². The van der Waals surface area contributed by atoms with E-state index in [1.54, 1.807) is 15.6 Å². The molecule has 1 aromatic heterocycles. The second-order valence-electron chi connectivity index (χ2n) is 6.04. The lowest BCUT2D eigenvalue weighted by molar-refractivity contribution is -0.128. The number of halogens is 1. The van der Waals surface area contributed by atoms with Crippen molar-refractivity contribution >= 4 is 17.7 Å². The Kier molecular flexibility index (Phi) is 6.18. The van der Waals surface area contributed by atoms with Gasteiger partial charge in [0.1, 0.15) is 5.82 Å². The van der Waals surface area contributed by atoms with Crippen molar-refractivity contribution in [2.75, 3.05) is 12.3 Å². The van der Waals surface area contributed by atoms with E-state index in [-0.39, 0.29) is 17.5 Å². The van der Waals surface area contributed by atoms with Gasteiger partial charge >= 0.3 is 0 Å². The second-order valence-corrected chi connectivity index (χ2v) is 6.98. The number of benzene rings is 2. The van der Waals surface area contributed by atoms with E-state index in [9.17, 15) is 9.18 Å². The number of aromatic nitrogens is 4. The Morgan fingerprint density at radius 1 is 1.22 bits per heavy atom. The molecule has 0 saturated heterocycles. The van der Waals surface area contributed by atoms with Gasteiger partial charge in [-0.15, -0.1) is 5.10 Å². The highest BCUT2D eigenvalue weighted by Gasteiger charge is 2.16. The molecule has 27 heavy (non-hydrogen) atoms. The number of tetrazole rings is 1. The molecule has 0 aliphatic rings. The normalized spacial score (nSPS) is 10.8. The summed E-state index contributed by atoms with van der Waals surface area (Å²) in [4.78, 5) is 14.3. The molecule has 0 radical (unpaired) electrons. The van der Waals surface area contributed by atoms with Crippen molar-refractivity contribution in [3.8, 4) is 5.69 Å². The molecule has 8 heteroatoms. The Hall–Kier alpha value is -2.74. The predicted octanol–water partition coefficient (Wildman–Crippen LogP) is 3.25. The summed E-state index contributed by atoms with van der Waals surface area (Å²) in [6.45, 7) is 4.82. The quantitative estimate of drug-likeness (QED) is 0.584. The molecule has 0 aliphatic heterocycles. The average Bonchev–Trinajstić information content (AvgIpc) is 3.13. The Morgan fingerprint density at radius 2 is 2.00 bits per heavy atom. The lowest BCUT2D eigenvalue weighted by Crippen LogP contribution is -2.31. The Balaban J connectivity index is 1.65. The van der Waals surface area contributed by atoms with Crippen LogP contribution in [-0.4, -0.2) is 43.3 Å². The first-order chi connectivity index (χ1) is 13.1. The monoisotopic (exact) mass is 385 g/mol. The molecule has 3 aromatic rings. The zero-order chi connectivity index (χ0) is 19.2. The number of rotatable bonds is 7. The number of aryl methyl sites for hydroxylation is 1. The Bertz CT molecular complexity index is 912. The molecule has 1 amide bonds. The van der Waals surface area contributed by atoms with Gasteiger partial charge in [-0.3, -0.25) is 4.79 Å². The minimum atomic E-state index is -0.303. The molecular weight excluding hydrogens is 365 g/mol. The molecule has 6 nitrogen and oxygen atoms in total. The van der Waals surface area contributed by atoms with Crippen LogP contribution in [-0.2, 0) is 11.3 Å². The van der Waals surface area contributed by atoms with Gasteiger partial charge in [0, 0.05) is 13.1 Å². The molecule has 2 aromatic carbocycles. The number of thioether (sulfide) groups is 1. The fraction of sp³-hybridized carbons (Fsp3) is 0.263. The van der Waals surface area contributed by atoms with Gasteiger partial charge in [-0.2, -0.15) is 4.68 Å². The van der Waals surface area contributed by atoms with E-state index < -0.39 is 0 Å². The molecule has 1 heterocycles. The highest BCUT2D eigenvalue weighted by atomic mass is 32.2. The largest absolute Gasteiger partial charge is 0.338 e. The minimum Gasteiger partial charge on any atom is -0.338 e. The van der Waals surface area contributed by atoms with Gasteiger partial charge in [-0.25, -0.2) is 4.39 Å². The maximum Gasteiger partial charge on any atom is 0.233 e. The van der Waals surface area contributed by atoms with Gasteiger partial charge in [0.05, 0.1) is 11.4 Å². The van der Waals surface area contributed by atoms with E-state index in [1.165, 1.54) is 23.9 Å². The zero-order valence-corrected chi connectivity index (χ0v) is 16.0. The molecule has 0 aliphatic carbocycles. The Labute approximate surface area is 161 Å². The van der Waals surface area contributed by atoms with Crippen molar-refractivity contribution in [3.63, 3.8) is 0 Å². The number of carbonyl (C=O) groups is 1. The van der Waals surface area contributed by atoms with E-state index in [4.69, 9.17) is 0 Å². The van der Waals surface area contributed by atoms with Crippen LogP contribution in [0.25, 0.3) is 5.69 Å². The summed E-state index contributed by atoms with van der Waals surface area (Å²) in [5, 5.41) is 12.3. The first-order valence-corrected chi connectivity index (χ1v) is 9.56. The summed E-state index contributed by atoms with van der Waals surface area (Å²) >= 11 is 1.28. The summed E-state index contributed by atoms with van der Waals surface area (Å²) in [5.74, 6) is -0.150. The van der Waals surface area contributed by atoms with Crippen LogP contribution < -0.4 is 0 Å². The summed E-state index contributed by atoms with van der Waals surface area (Å²) in [5.41, 5.74) is 2.75. The molecule has 0 bridgehead atoms. The van der Waals surface area contributed by atoms with Crippen molar-refractivity contribution in [1.82, 2.24) is 25.1 Å². The van der Waals surface area contributed by atoms with Crippen molar-refractivity contribution in [3.05, 3.63) is 65.5 Å². The van der Waals surface area contributed by atoms with Crippen LogP contribution in [0.15, 0.2) is 53.7 Å². The zero-order valence-electron chi connectivity index (χ0n) is 15.2. The number of hydrogen-bond donors (Lipinski definition) is 0. The summed E-state index contributed by atoms with van der Waals surface area (Å²) in [7, 11) is 0. The van der Waals surface area contributed by atoms with Crippen molar-refractivity contribution in [1.29, 1.82) is 0 Å². The fourth-order valence-electron chi connectivity index (χ4n) is 2.57. The lowest BCUT2D eigenvalue weighted by atomic mass is 10.2. The van der Waals surface area contributed by atoms with Crippen molar-refractivity contribution < 1.29 is 9.18 Å². The van der Waals surface area contributed by atoms with Gasteiger partial charge in [0.2, 0.25) is 11.1 Å². The number of amides is 1. The molecule has 0 fully saturated rings. The van der Waals surface area contributed by atoms with Crippen LogP contribution in [0, 0.1) is 12.7 Å². The number of hydrogen-bond acceptors (Lipinski definition) is 5. The highest BCUT2D eigenvalue weighted by Crippen LogP contribution is 2.19. The predicted molar refractivity (Wildman–Crippen MR) is 102 cm³/mol. The highest BCUT2D eigenvalue weighted by molar-refractivity contribution is 7.99. The maximum atomic E-state index is 13.4. The summed E-state index contributed by atoms with van der Waals surface area (Å²) < 4.78 is 15.0. The average molecular weight is 385 g/mol. The molecule has 0 atom stereocenters. The van der Waals surface area contributed by atoms with Crippen LogP contribution in [0.1, 0.15) is 18.1 Å². The maximum absolute atomic E-state index is 13.4.